The number of benzene rings is 1. The number of nitro benzene ring substituents is 1. The topological polar surface area (TPSA) is 46.4 Å². The zero-order valence-electron chi connectivity index (χ0n) is 10.7. The lowest BCUT2D eigenvalue weighted by Gasteiger charge is -2.45. The van der Waals surface area contributed by atoms with Gasteiger partial charge in [-0.1, -0.05) is 0 Å². The van der Waals surface area contributed by atoms with E-state index in [1.54, 1.807) is 12.1 Å². The van der Waals surface area contributed by atoms with Crippen molar-refractivity contribution in [3.05, 3.63) is 38.9 Å². The van der Waals surface area contributed by atoms with Gasteiger partial charge in [0.15, 0.2) is 0 Å². The third kappa shape index (κ3) is 1.83. The predicted molar refractivity (Wildman–Crippen MR) is 77.5 cm³/mol. The first-order valence-electron chi connectivity index (χ1n) is 6.27. The molecule has 0 radical (unpaired) electrons. The van der Waals surface area contributed by atoms with Crippen molar-refractivity contribution in [2.75, 3.05) is 33.2 Å². The SMILES string of the molecule is CN1CC[N+]2(CC1)C([S-])=Cc1cc([N+](=O)[O-])ccc12. The Morgan fingerprint density at radius 3 is 2.68 bits per heavy atom. The highest BCUT2D eigenvalue weighted by Gasteiger charge is 2.39. The fourth-order valence-corrected chi connectivity index (χ4v) is 3.31. The summed E-state index contributed by atoms with van der Waals surface area (Å²) in [6.45, 7) is 3.86. The third-order valence-electron chi connectivity index (χ3n) is 4.11. The summed E-state index contributed by atoms with van der Waals surface area (Å²) in [5.41, 5.74) is 2.15. The second-order valence-electron chi connectivity index (χ2n) is 5.20. The van der Waals surface area contributed by atoms with E-state index in [1.165, 1.54) is 0 Å². The Morgan fingerprint density at radius 2 is 2.05 bits per heavy atom. The van der Waals surface area contributed by atoms with Crippen molar-refractivity contribution in [3.8, 4) is 0 Å². The molecule has 1 aromatic carbocycles. The molecule has 0 N–H and O–H groups in total. The lowest BCUT2D eigenvalue weighted by Crippen LogP contribution is -2.58. The summed E-state index contributed by atoms with van der Waals surface area (Å²) in [4.78, 5) is 12.8. The van der Waals surface area contributed by atoms with Crippen LogP contribution < -0.4 is 4.48 Å². The minimum Gasteiger partial charge on any atom is -0.721 e. The smallest absolute Gasteiger partial charge is 0.270 e. The molecule has 0 unspecified atom stereocenters. The monoisotopic (exact) mass is 277 g/mol. The molecule has 19 heavy (non-hydrogen) atoms. The number of rotatable bonds is 1. The van der Waals surface area contributed by atoms with Crippen LogP contribution in [0.5, 0.6) is 0 Å². The van der Waals surface area contributed by atoms with Crippen LogP contribution in [0.15, 0.2) is 23.2 Å². The van der Waals surface area contributed by atoms with Crippen molar-refractivity contribution < 1.29 is 4.92 Å². The standard InChI is InChI=1S/C13H15N3O2S/c1-14-4-6-16(7-5-14)12-3-2-11(15(17)18)8-10(12)9-13(16)19/h2-3,8-9H,4-7H2,1H3. The number of piperazine rings is 1. The Morgan fingerprint density at radius 1 is 1.37 bits per heavy atom. The molecule has 5 nitrogen and oxygen atoms in total. The molecule has 0 bridgehead atoms. The first-order valence-corrected chi connectivity index (χ1v) is 6.68. The van der Waals surface area contributed by atoms with Crippen molar-refractivity contribution in [3.63, 3.8) is 0 Å². The Balaban J connectivity index is 2.04. The average Bonchev–Trinajstić information content (AvgIpc) is 2.65. The summed E-state index contributed by atoms with van der Waals surface area (Å²) >= 11 is 5.53. The van der Waals surface area contributed by atoms with Crippen LogP contribution in [0, 0.1) is 10.1 Å². The number of hydrogen-bond donors (Lipinski definition) is 0. The Bertz CT molecular complexity index is 577. The van der Waals surface area contributed by atoms with Crippen molar-refractivity contribution in [2.24, 2.45) is 0 Å². The molecule has 0 aromatic heterocycles. The van der Waals surface area contributed by atoms with E-state index in [2.05, 4.69) is 11.9 Å². The van der Waals surface area contributed by atoms with Crippen molar-refractivity contribution in [1.29, 1.82) is 0 Å². The summed E-state index contributed by atoms with van der Waals surface area (Å²) in [7, 11) is 2.11. The molecule has 100 valence electrons. The summed E-state index contributed by atoms with van der Waals surface area (Å²) in [6.07, 6.45) is 1.92. The molecule has 1 saturated heterocycles. The number of likely N-dealkylation sites (N-methyl/N-ethyl adjacent to an activating group) is 1. The Labute approximate surface area is 117 Å². The first kappa shape index (κ1) is 12.5. The number of non-ortho nitro benzene ring substituents is 1. The lowest BCUT2D eigenvalue weighted by atomic mass is 10.1. The normalized spacial score (nSPS) is 21.2. The second kappa shape index (κ2) is 4.26. The highest BCUT2D eigenvalue weighted by Crippen LogP contribution is 2.42. The molecule has 0 saturated carbocycles. The predicted octanol–water partition coefficient (Wildman–Crippen LogP) is 1.71. The van der Waals surface area contributed by atoms with Crippen molar-refractivity contribution in [2.45, 2.75) is 0 Å². The maximum Gasteiger partial charge on any atom is 0.270 e. The van der Waals surface area contributed by atoms with E-state index in [4.69, 9.17) is 12.6 Å². The molecular weight excluding hydrogens is 262 g/mol. The van der Waals surface area contributed by atoms with Crippen molar-refractivity contribution in [1.82, 2.24) is 9.38 Å². The maximum atomic E-state index is 10.8. The maximum absolute atomic E-state index is 10.8. The van der Waals surface area contributed by atoms with Gasteiger partial charge in [-0.15, -0.1) is 0 Å². The van der Waals surface area contributed by atoms with E-state index in [0.717, 1.165) is 42.5 Å². The van der Waals surface area contributed by atoms with Crippen LogP contribution in [-0.4, -0.2) is 43.0 Å². The third-order valence-corrected chi connectivity index (χ3v) is 4.58. The number of nitrogens with zero attached hydrogens (tertiary/aromatic N) is 3. The number of nitro groups is 1. The van der Waals surface area contributed by atoms with Crippen LogP contribution in [0.4, 0.5) is 11.4 Å². The average molecular weight is 277 g/mol. The minimum atomic E-state index is -0.357. The number of hydrogen-bond acceptors (Lipinski definition) is 4. The van der Waals surface area contributed by atoms with E-state index >= 15 is 0 Å². The summed E-state index contributed by atoms with van der Waals surface area (Å²) < 4.78 is 0.688. The highest BCUT2D eigenvalue weighted by molar-refractivity contribution is 7.63. The van der Waals surface area contributed by atoms with Crippen LogP contribution in [0.1, 0.15) is 5.56 Å². The molecule has 0 aliphatic carbocycles. The van der Waals surface area contributed by atoms with Crippen LogP contribution in [0.3, 0.4) is 0 Å². The van der Waals surface area contributed by atoms with Gasteiger partial charge in [0, 0.05) is 36.9 Å². The zero-order valence-corrected chi connectivity index (χ0v) is 11.5. The first-order chi connectivity index (χ1) is 9.03. The van der Waals surface area contributed by atoms with Gasteiger partial charge in [-0.25, -0.2) is 0 Å². The molecule has 3 rings (SSSR count). The summed E-state index contributed by atoms with van der Waals surface area (Å²) in [6, 6.07) is 5.08. The van der Waals surface area contributed by atoms with Gasteiger partial charge in [-0.2, -0.15) is 0 Å². The van der Waals surface area contributed by atoms with Crippen LogP contribution >= 0.6 is 0 Å². The second-order valence-corrected chi connectivity index (χ2v) is 5.62. The van der Waals surface area contributed by atoms with Crippen LogP contribution in [0.25, 0.3) is 6.08 Å². The number of fused-ring (bicyclic) bond motifs is 2. The zero-order chi connectivity index (χ0) is 13.6. The van der Waals surface area contributed by atoms with Crippen LogP contribution in [-0.2, 0) is 12.6 Å². The van der Waals surface area contributed by atoms with Gasteiger partial charge >= 0.3 is 0 Å². The van der Waals surface area contributed by atoms with E-state index in [0.29, 0.717) is 4.48 Å². The van der Waals surface area contributed by atoms with Gasteiger partial charge in [0.25, 0.3) is 5.69 Å². The quantitative estimate of drug-likeness (QED) is 0.339. The largest absolute Gasteiger partial charge is 0.721 e. The summed E-state index contributed by atoms with van der Waals surface area (Å²) in [5.74, 6) is 0. The van der Waals surface area contributed by atoms with Crippen LogP contribution in [0.2, 0.25) is 0 Å². The van der Waals surface area contributed by atoms with Gasteiger partial charge < -0.3 is 12.6 Å². The lowest BCUT2D eigenvalue weighted by molar-refractivity contribution is -0.384. The molecule has 1 spiro atoms. The Kier molecular flexibility index (Phi) is 2.81. The molecular formula is C13H15N3O2S. The highest BCUT2D eigenvalue weighted by atomic mass is 32.1. The van der Waals surface area contributed by atoms with Crippen molar-refractivity contribution >= 4 is 30.1 Å². The molecule has 2 heterocycles. The van der Waals surface area contributed by atoms with E-state index in [9.17, 15) is 10.1 Å². The van der Waals surface area contributed by atoms with Gasteiger partial charge in [0.1, 0.15) is 5.69 Å². The number of quaternary nitrogens is 1. The summed E-state index contributed by atoms with van der Waals surface area (Å²) in [5, 5.41) is 11.7. The fraction of sp³-hybridized carbons (Fsp3) is 0.385. The molecule has 2 aliphatic rings. The van der Waals surface area contributed by atoms with Gasteiger partial charge in [0.05, 0.1) is 18.0 Å². The van der Waals surface area contributed by atoms with E-state index < -0.39 is 0 Å². The fourth-order valence-electron chi connectivity index (χ4n) is 2.90. The molecule has 1 aromatic rings. The minimum absolute atomic E-state index is 0.131. The van der Waals surface area contributed by atoms with E-state index in [1.807, 2.05) is 12.1 Å². The molecule has 0 amide bonds. The Hall–Kier alpha value is -1.50. The molecule has 1 fully saturated rings. The van der Waals surface area contributed by atoms with E-state index in [-0.39, 0.29) is 10.6 Å². The van der Waals surface area contributed by atoms with Gasteiger partial charge in [0.2, 0.25) is 0 Å². The molecule has 2 aliphatic heterocycles. The molecule has 6 heteroatoms. The van der Waals surface area contributed by atoms with Gasteiger partial charge in [-0.05, 0) is 18.2 Å². The van der Waals surface area contributed by atoms with Gasteiger partial charge in [-0.3, -0.25) is 19.5 Å². The molecule has 0 atom stereocenters.